The Kier molecular flexibility index (Phi) is 3.92. The van der Waals surface area contributed by atoms with E-state index in [4.69, 9.17) is 9.84 Å². The van der Waals surface area contributed by atoms with Crippen LogP contribution in [0.4, 0.5) is 0 Å². The fourth-order valence-corrected chi connectivity index (χ4v) is 3.30. The summed E-state index contributed by atoms with van der Waals surface area (Å²) in [5.74, 6) is -1.10. The molecule has 1 saturated carbocycles. The molecule has 1 saturated heterocycles. The van der Waals surface area contributed by atoms with E-state index in [9.17, 15) is 9.59 Å². The van der Waals surface area contributed by atoms with E-state index < -0.39 is 5.97 Å². The minimum absolute atomic E-state index is 0.0849. The molecule has 1 N–H and O–H groups in total. The first kappa shape index (κ1) is 14.1. The number of nitrogens with zero attached hydrogens (tertiary/aromatic N) is 1. The molecular weight excluding hydrogens is 270 g/mol. The van der Waals surface area contributed by atoms with E-state index in [0.29, 0.717) is 18.7 Å². The lowest BCUT2D eigenvalue weighted by atomic mass is 9.89. The van der Waals surface area contributed by atoms with E-state index in [-0.39, 0.29) is 23.6 Å². The molecule has 1 aliphatic heterocycles. The molecule has 2 fully saturated rings. The van der Waals surface area contributed by atoms with Crippen LogP contribution in [0, 0.1) is 0 Å². The van der Waals surface area contributed by atoms with Gasteiger partial charge in [0.1, 0.15) is 0 Å². The molecule has 1 aromatic rings. The molecule has 0 radical (unpaired) electrons. The van der Waals surface area contributed by atoms with E-state index in [0.717, 1.165) is 25.7 Å². The van der Waals surface area contributed by atoms with Crippen molar-refractivity contribution in [2.45, 2.75) is 37.8 Å². The third kappa shape index (κ3) is 2.78. The van der Waals surface area contributed by atoms with E-state index >= 15 is 0 Å². The van der Waals surface area contributed by atoms with Crippen molar-refractivity contribution >= 4 is 11.9 Å². The van der Waals surface area contributed by atoms with Crippen LogP contribution in [-0.4, -0.2) is 47.2 Å². The number of carbonyl (C=O) groups is 2. The van der Waals surface area contributed by atoms with E-state index in [1.807, 2.05) is 4.90 Å². The number of carboxylic acid groups (broad SMARTS) is 1. The van der Waals surface area contributed by atoms with Gasteiger partial charge in [-0.05, 0) is 31.0 Å². The normalized spacial score (nSPS) is 25.2. The van der Waals surface area contributed by atoms with E-state index in [1.54, 1.807) is 12.1 Å². The molecule has 2 aliphatic rings. The number of fused-ring (bicyclic) bond motifs is 1. The second-order valence-electron chi connectivity index (χ2n) is 5.65. The topological polar surface area (TPSA) is 66.8 Å². The molecule has 0 aromatic heterocycles. The van der Waals surface area contributed by atoms with Gasteiger partial charge in [0, 0.05) is 12.1 Å². The first-order valence-corrected chi connectivity index (χ1v) is 7.43. The summed E-state index contributed by atoms with van der Waals surface area (Å²) in [6, 6.07) is 6.39. The van der Waals surface area contributed by atoms with Crippen LogP contribution in [0.2, 0.25) is 0 Å². The monoisotopic (exact) mass is 289 g/mol. The van der Waals surface area contributed by atoms with Crippen molar-refractivity contribution in [2.24, 2.45) is 0 Å². The van der Waals surface area contributed by atoms with Gasteiger partial charge in [-0.1, -0.05) is 18.9 Å². The highest BCUT2D eigenvalue weighted by atomic mass is 16.5. The van der Waals surface area contributed by atoms with Gasteiger partial charge in [-0.15, -0.1) is 0 Å². The fourth-order valence-electron chi connectivity index (χ4n) is 3.30. The van der Waals surface area contributed by atoms with Crippen molar-refractivity contribution < 1.29 is 19.4 Å². The van der Waals surface area contributed by atoms with Gasteiger partial charge in [0.15, 0.2) is 0 Å². The molecule has 3 rings (SSSR count). The summed E-state index contributed by atoms with van der Waals surface area (Å²) in [5, 5.41) is 9.04. The highest BCUT2D eigenvalue weighted by molar-refractivity contribution is 5.97. The summed E-state index contributed by atoms with van der Waals surface area (Å²) in [7, 11) is 0. The molecule has 1 amide bonds. The molecule has 5 nitrogen and oxygen atoms in total. The molecule has 112 valence electrons. The Morgan fingerprint density at radius 1 is 1.19 bits per heavy atom. The van der Waals surface area contributed by atoms with Gasteiger partial charge in [0.2, 0.25) is 0 Å². The number of rotatable bonds is 2. The molecular formula is C16H19NO4. The number of hydrogen-bond donors (Lipinski definition) is 1. The van der Waals surface area contributed by atoms with E-state index in [1.165, 1.54) is 12.1 Å². The molecule has 0 bridgehead atoms. The van der Waals surface area contributed by atoms with Gasteiger partial charge < -0.3 is 14.7 Å². The highest BCUT2D eigenvalue weighted by Crippen LogP contribution is 2.29. The number of morpholine rings is 1. The van der Waals surface area contributed by atoms with E-state index in [2.05, 4.69) is 0 Å². The van der Waals surface area contributed by atoms with Crippen molar-refractivity contribution in [2.75, 3.05) is 13.2 Å². The summed E-state index contributed by atoms with van der Waals surface area (Å²) >= 11 is 0. The molecule has 5 heteroatoms. The summed E-state index contributed by atoms with van der Waals surface area (Å²) < 4.78 is 5.77. The van der Waals surface area contributed by atoms with Gasteiger partial charge in [-0.3, -0.25) is 4.79 Å². The predicted molar refractivity (Wildman–Crippen MR) is 76.4 cm³/mol. The minimum atomic E-state index is -1.01. The Hall–Kier alpha value is -1.88. The molecule has 21 heavy (non-hydrogen) atoms. The maximum absolute atomic E-state index is 12.7. The van der Waals surface area contributed by atoms with Crippen molar-refractivity contribution in [3.8, 4) is 0 Å². The van der Waals surface area contributed by atoms with Crippen LogP contribution in [-0.2, 0) is 4.74 Å². The molecule has 0 unspecified atom stereocenters. The fraction of sp³-hybridized carbons (Fsp3) is 0.500. The smallest absolute Gasteiger partial charge is 0.335 e. The maximum Gasteiger partial charge on any atom is 0.335 e. The molecule has 1 aromatic carbocycles. The van der Waals surface area contributed by atoms with Crippen molar-refractivity contribution in [1.82, 2.24) is 4.90 Å². The second kappa shape index (κ2) is 5.85. The summed E-state index contributed by atoms with van der Waals surface area (Å²) in [6.07, 6.45) is 4.37. The first-order valence-electron chi connectivity index (χ1n) is 7.43. The lowest BCUT2D eigenvalue weighted by Crippen LogP contribution is -2.54. The van der Waals surface area contributed by atoms with Crippen molar-refractivity contribution in [1.29, 1.82) is 0 Å². The quantitative estimate of drug-likeness (QED) is 0.906. The van der Waals surface area contributed by atoms with Gasteiger partial charge in [0.05, 0.1) is 24.3 Å². The predicted octanol–water partition coefficient (Wildman–Crippen LogP) is 2.17. The lowest BCUT2D eigenvalue weighted by molar-refractivity contribution is -0.0752. The van der Waals surface area contributed by atoms with Gasteiger partial charge >= 0.3 is 5.97 Å². The zero-order valence-electron chi connectivity index (χ0n) is 11.8. The number of benzene rings is 1. The zero-order valence-corrected chi connectivity index (χ0v) is 11.8. The Balaban J connectivity index is 1.83. The van der Waals surface area contributed by atoms with Crippen LogP contribution in [0.15, 0.2) is 24.3 Å². The van der Waals surface area contributed by atoms with Crippen LogP contribution < -0.4 is 0 Å². The van der Waals surface area contributed by atoms with Crippen molar-refractivity contribution in [3.05, 3.63) is 35.4 Å². The summed E-state index contributed by atoms with van der Waals surface area (Å²) in [5.41, 5.74) is 0.593. The number of ether oxygens (including phenoxy) is 1. The van der Waals surface area contributed by atoms with Crippen LogP contribution in [0.1, 0.15) is 46.4 Å². The largest absolute Gasteiger partial charge is 0.478 e. The number of carboxylic acids is 1. The number of amides is 1. The van der Waals surface area contributed by atoms with Gasteiger partial charge in [-0.25, -0.2) is 4.79 Å². The standard InChI is InChI=1S/C16H19NO4/c18-15(11-4-3-5-12(10-11)16(19)20)17-8-9-21-14-7-2-1-6-13(14)17/h3-5,10,13-14H,1-2,6-9H2,(H,19,20)/t13-,14-/m1/s1. The summed E-state index contributed by atoms with van der Waals surface area (Å²) in [6.45, 7) is 1.14. The third-order valence-electron chi connectivity index (χ3n) is 4.35. The zero-order chi connectivity index (χ0) is 14.8. The number of carbonyl (C=O) groups excluding carboxylic acids is 1. The Morgan fingerprint density at radius 2 is 1.95 bits per heavy atom. The Labute approximate surface area is 123 Å². The average molecular weight is 289 g/mol. The molecule has 2 atom stereocenters. The SMILES string of the molecule is O=C(O)c1cccc(C(=O)N2CCO[C@@H]3CCCC[C@H]32)c1. The average Bonchev–Trinajstić information content (AvgIpc) is 2.53. The number of aromatic carboxylic acids is 1. The maximum atomic E-state index is 12.7. The minimum Gasteiger partial charge on any atom is -0.478 e. The van der Waals surface area contributed by atoms with Crippen molar-refractivity contribution in [3.63, 3.8) is 0 Å². The molecule has 0 spiro atoms. The first-order chi connectivity index (χ1) is 10.2. The van der Waals surface area contributed by atoms with Gasteiger partial charge in [-0.2, -0.15) is 0 Å². The molecule has 1 aliphatic carbocycles. The Morgan fingerprint density at radius 3 is 2.76 bits per heavy atom. The Bertz CT molecular complexity index is 555. The number of hydrogen-bond acceptors (Lipinski definition) is 3. The van der Waals surface area contributed by atoms with Crippen LogP contribution in [0.5, 0.6) is 0 Å². The third-order valence-corrected chi connectivity index (χ3v) is 4.35. The van der Waals surface area contributed by atoms with Crippen LogP contribution in [0.25, 0.3) is 0 Å². The van der Waals surface area contributed by atoms with Crippen LogP contribution >= 0.6 is 0 Å². The second-order valence-corrected chi connectivity index (χ2v) is 5.65. The highest BCUT2D eigenvalue weighted by Gasteiger charge is 2.36. The lowest BCUT2D eigenvalue weighted by Gasteiger charge is -2.43. The van der Waals surface area contributed by atoms with Gasteiger partial charge in [0.25, 0.3) is 5.91 Å². The summed E-state index contributed by atoms with van der Waals surface area (Å²) in [4.78, 5) is 25.6. The van der Waals surface area contributed by atoms with Crippen LogP contribution in [0.3, 0.4) is 0 Å². The molecule has 1 heterocycles.